The summed E-state index contributed by atoms with van der Waals surface area (Å²) in [6.45, 7) is 7.73. The minimum atomic E-state index is 0.479. The maximum absolute atomic E-state index is 4.21. The van der Waals surface area contributed by atoms with Crippen LogP contribution in [0.1, 0.15) is 71.1 Å². The van der Waals surface area contributed by atoms with Gasteiger partial charge in [0.05, 0.1) is 0 Å². The van der Waals surface area contributed by atoms with Crippen molar-refractivity contribution in [1.29, 1.82) is 0 Å². The van der Waals surface area contributed by atoms with Crippen LogP contribution < -0.4 is 5.32 Å². The molecule has 0 aromatic carbocycles. The fourth-order valence-electron chi connectivity index (χ4n) is 5.52. The second-order valence-corrected chi connectivity index (χ2v) is 9.80. The molecule has 0 aromatic rings. The van der Waals surface area contributed by atoms with Gasteiger partial charge in [0.1, 0.15) is 0 Å². The van der Waals surface area contributed by atoms with Crippen LogP contribution in [0.15, 0.2) is 48.1 Å². The van der Waals surface area contributed by atoms with Gasteiger partial charge < -0.3 is 5.32 Å². The minimum Gasteiger partial charge on any atom is -0.310 e. The highest BCUT2D eigenvalue weighted by Gasteiger charge is 2.33. The standard InChI is InChI=1S/C26H39N/c1-3-26(27-18-20-11-12-20)25-16-23(21-7-5-4-6-8-21)15-24(17-25)22-13-9-19(2)10-14-22/h3,9,13-15,19-21,23,25-27H,1,4-8,10-12,16-18H2,2H3/t19?,23-,25?,26+/m0/s1. The molecule has 2 fully saturated rings. The van der Waals surface area contributed by atoms with Gasteiger partial charge in [-0.25, -0.2) is 0 Å². The van der Waals surface area contributed by atoms with Crippen molar-refractivity contribution in [1.82, 2.24) is 5.32 Å². The van der Waals surface area contributed by atoms with Gasteiger partial charge in [0.2, 0.25) is 0 Å². The highest BCUT2D eigenvalue weighted by molar-refractivity contribution is 5.43. The molecule has 0 aromatic heterocycles. The van der Waals surface area contributed by atoms with Gasteiger partial charge in [-0.15, -0.1) is 6.58 Å². The van der Waals surface area contributed by atoms with E-state index in [1.54, 1.807) is 5.57 Å². The van der Waals surface area contributed by atoms with Crippen molar-refractivity contribution in [2.45, 2.75) is 77.2 Å². The highest BCUT2D eigenvalue weighted by Crippen LogP contribution is 2.43. The molecular weight excluding hydrogens is 326 g/mol. The van der Waals surface area contributed by atoms with E-state index in [9.17, 15) is 0 Å². The van der Waals surface area contributed by atoms with E-state index in [4.69, 9.17) is 0 Å². The van der Waals surface area contributed by atoms with Crippen LogP contribution in [0.4, 0.5) is 0 Å². The molecule has 0 radical (unpaired) electrons. The second kappa shape index (κ2) is 8.95. The van der Waals surface area contributed by atoms with Crippen LogP contribution in [0.25, 0.3) is 0 Å². The van der Waals surface area contributed by atoms with Gasteiger partial charge in [0, 0.05) is 6.04 Å². The van der Waals surface area contributed by atoms with Crippen molar-refractivity contribution in [2.75, 3.05) is 6.54 Å². The van der Waals surface area contributed by atoms with E-state index < -0.39 is 0 Å². The summed E-state index contributed by atoms with van der Waals surface area (Å²) in [5.74, 6) is 4.03. The topological polar surface area (TPSA) is 12.0 Å². The first-order valence-corrected chi connectivity index (χ1v) is 11.7. The van der Waals surface area contributed by atoms with Crippen LogP contribution in [0, 0.1) is 29.6 Å². The number of rotatable bonds is 7. The monoisotopic (exact) mass is 365 g/mol. The summed E-state index contributed by atoms with van der Waals surface area (Å²) >= 11 is 0. The van der Waals surface area contributed by atoms with Gasteiger partial charge in [-0.3, -0.25) is 0 Å². The van der Waals surface area contributed by atoms with Crippen molar-refractivity contribution >= 4 is 0 Å². The Hall–Kier alpha value is -1.08. The van der Waals surface area contributed by atoms with Crippen LogP contribution >= 0.6 is 0 Å². The van der Waals surface area contributed by atoms with Gasteiger partial charge in [0.15, 0.2) is 0 Å². The number of nitrogens with one attached hydrogen (secondary N) is 1. The van der Waals surface area contributed by atoms with Gasteiger partial charge in [0.25, 0.3) is 0 Å². The molecule has 1 N–H and O–H groups in total. The number of hydrogen-bond acceptors (Lipinski definition) is 1. The van der Waals surface area contributed by atoms with Gasteiger partial charge >= 0.3 is 0 Å². The average molecular weight is 366 g/mol. The molecule has 2 saturated carbocycles. The zero-order valence-corrected chi connectivity index (χ0v) is 17.3. The van der Waals surface area contributed by atoms with E-state index in [1.807, 2.05) is 0 Å². The predicted octanol–water partition coefficient (Wildman–Crippen LogP) is 6.60. The molecule has 0 aliphatic heterocycles. The molecule has 1 heteroatoms. The predicted molar refractivity (Wildman–Crippen MR) is 117 cm³/mol. The van der Waals surface area contributed by atoms with E-state index in [2.05, 4.69) is 49.2 Å². The summed E-state index contributed by atoms with van der Waals surface area (Å²) in [7, 11) is 0. The maximum atomic E-state index is 4.21. The molecule has 4 atom stereocenters. The van der Waals surface area contributed by atoms with Crippen LogP contribution in [0.5, 0.6) is 0 Å². The lowest BCUT2D eigenvalue weighted by atomic mass is 9.69. The second-order valence-electron chi connectivity index (χ2n) is 9.80. The van der Waals surface area contributed by atoms with E-state index in [1.165, 1.54) is 76.3 Å². The molecule has 0 heterocycles. The van der Waals surface area contributed by atoms with Crippen LogP contribution in [-0.2, 0) is 0 Å². The first-order valence-electron chi connectivity index (χ1n) is 11.7. The Bertz CT molecular complexity index is 600. The molecule has 0 bridgehead atoms. The SMILES string of the molecule is C=C[C@@H](NCC1CC1)C1CC(C2=CCC(C)C=C2)=C[C@H](C2CCCCC2)C1. The quantitative estimate of drug-likeness (QED) is 0.501. The molecule has 0 saturated heterocycles. The fourth-order valence-corrected chi connectivity index (χ4v) is 5.52. The Morgan fingerprint density at radius 1 is 1.19 bits per heavy atom. The smallest absolute Gasteiger partial charge is 0.0279 e. The van der Waals surface area contributed by atoms with Crippen LogP contribution in [0.2, 0.25) is 0 Å². The van der Waals surface area contributed by atoms with Crippen molar-refractivity contribution in [3.05, 3.63) is 48.1 Å². The first kappa shape index (κ1) is 19.2. The van der Waals surface area contributed by atoms with E-state index in [-0.39, 0.29) is 0 Å². The van der Waals surface area contributed by atoms with Crippen LogP contribution in [0.3, 0.4) is 0 Å². The maximum Gasteiger partial charge on any atom is 0.0279 e. The Labute approximate surface area is 167 Å². The zero-order valence-electron chi connectivity index (χ0n) is 17.3. The molecule has 0 amide bonds. The summed E-state index contributed by atoms with van der Waals surface area (Å²) in [6.07, 6.45) is 26.1. The molecule has 0 spiro atoms. The Balaban J connectivity index is 1.51. The Morgan fingerprint density at radius 2 is 2.00 bits per heavy atom. The van der Waals surface area contributed by atoms with Gasteiger partial charge in [-0.1, -0.05) is 56.6 Å². The molecule has 4 aliphatic carbocycles. The lowest BCUT2D eigenvalue weighted by Crippen LogP contribution is -2.39. The Morgan fingerprint density at radius 3 is 2.67 bits per heavy atom. The largest absolute Gasteiger partial charge is 0.310 e. The minimum absolute atomic E-state index is 0.479. The number of hydrogen-bond donors (Lipinski definition) is 1. The normalized spacial score (nSPS) is 33.3. The van der Waals surface area contributed by atoms with E-state index in [0.717, 1.165) is 17.8 Å². The summed E-state index contributed by atoms with van der Waals surface area (Å²) in [6, 6.07) is 0.479. The lowest BCUT2D eigenvalue weighted by Gasteiger charge is -2.38. The summed E-state index contributed by atoms with van der Waals surface area (Å²) in [5, 5.41) is 3.87. The third-order valence-corrected chi connectivity index (χ3v) is 7.51. The van der Waals surface area contributed by atoms with Crippen molar-refractivity contribution < 1.29 is 0 Å². The molecule has 27 heavy (non-hydrogen) atoms. The van der Waals surface area contributed by atoms with E-state index in [0.29, 0.717) is 17.9 Å². The average Bonchev–Trinajstić information content (AvgIpc) is 3.54. The molecule has 4 aliphatic rings. The molecular formula is C26H39N. The third-order valence-electron chi connectivity index (χ3n) is 7.51. The van der Waals surface area contributed by atoms with Crippen molar-refractivity contribution in [2.24, 2.45) is 29.6 Å². The van der Waals surface area contributed by atoms with Gasteiger partial charge in [-0.2, -0.15) is 0 Å². The molecule has 4 rings (SSSR count). The highest BCUT2D eigenvalue weighted by atomic mass is 14.9. The zero-order chi connectivity index (χ0) is 18.6. The molecule has 2 unspecified atom stereocenters. The summed E-state index contributed by atoms with van der Waals surface area (Å²) < 4.78 is 0. The van der Waals surface area contributed by atoms with E-state index >= 15 is 0 Å². The third kappa shape index (κ3) is 5.05. The molecule has 1 nitrogen and oxygen atoms in total. The Kier molecular flexibility index (Phi) is 6.38. The summed E-state index contributed by atoms with van der Waals surface area (Å²) in [4.78, 5) is 0. The number of allylic oxidation sites excluding steroid dienone is 6. The summed E-state index contributed by atoms with van der Waals surface area (Å²) in [5.41, 5.74) is 3.15. The lowest BCUT2D eigenvalue weighted by molar-refractivity contribution is 0.221. The van der Waals surface area contributed by atoms with Crippen LogP contribution in [-0.4, -0.2) is 12.6 Å². The fraction of sp³-hybridized carbons (Fsp3) is 0.692. The van der Waals surface area contributed by atoms with Crippen molar-refractivity contribution in [3.8, 4) is 0 Å². The van der Waals surface area contributed by atoms with Crippen molar-refractivity contribution in [3.63, 3.8) is 0 Å². The first-order chi connectivity index (χ1) is 13.2. The van der Waals surface area contributed by atoms with Gasteiger partial charge in [-0.05, 0) is 92.2 Å². The molecule has 148 valence electrons.